The molecule has 8 heteroatoms. The largest absolute Gasteiger partial charge is 0.328 e. The number of halogens is 1. The van der Waals surface area contributed by atoms with Crippen LogP contribution < -0.4 is 11.2 Å². The van der Waals surface area contributed by atoms with Gasteiger partial charge in [0.1, 0.15) is 5.02 Å². The van der Waals surface area contributed by atoms with Crippen LogP contribution in [-0.4, -0.2) is 14.5 Å². The average molecular weight is 296 g/mol. The van der Waals surface area contributed by atoms with Gasteiger partial charge >= 0.3 is 5.69 Å². The summed E-state index contributed by atoms with van der Waals surface area (Å²) < 4.78 is 1.27. The van der Waals surface area contributed by atoms with Crippen molar-refractivity contribution in [1.82, 2.24) is 9.55 Å². The molecular weight excluding hydrogens is 286 g/mol. The molecule has 0 aliphatic heterocycles. The van der Waals surface area contributed by atoms with Crippen LogP contribution in [0.2, 0.25) is 5.02 Å². The summed E-state index contributed by atoms with van der Waals surface area (Å²) in [6, 6.07) is 4.29. The minimum Gasteiger partial charge on any atom is -0.296 e. The second-order valence-electron chi connectivity index (χ2n) is 4.24. The first-order chi connectivity index (χ1) is 9.38. The Balaban J connectivity index is 2.43. The maximum atomic E-state index is 11.6. The lowest BCUT2D eigenvalue weighted by Gasteiger charge is -2.06. The number of aryl methyl sites for hydroxylation is 1. The summed E-state index contributed by atoms with van der Waals surface area (Å²) in [6.07, 6.45) is 1.40. The number of rotatable bonds is 3. The molecule has 2 aromatic rings. The molecule has 1 heterocycles. The van der Waals surface area contributed by atoms with E-state index in [1.807, 2.05) is 0 Å². The Morgan fingerprint density at radius 3 is 2.75 bits per heavy atom. The Labute approximate surface area is 117 Å². The van der Waals surface area contributed by atoms with E-state index >= 15 is 0 Å². The minimum absolute atomic E-state index is 0.0312. The van der Waals surface area contributed by atoms with Gasteiger partial charge in [-0.2, -0.15) is 0 Å². The summed E-state index contributed by atoms with van der Waals surface area (Å²) >= 11 is 5.71. The van der Waals surface area contributed by atoms with Crippen molar-refractivity contribution >= 4 is 17.3 Å². The molecule has 20 heavy (non-hydrogen) atoms. The van der Waals surface area contributed by atoms with E-state index in [0.717, 1.165) is 0 Å². The van der Waals surface area contributed by atoms with Crippen LogP contribution in [0, 0.1) is 17.0 Å². The molecule has 0 saturated carbocycles. The first-order valence-electron chi connectivity index (χ1n) is 5.61. The lowest BCUT2D eigenvalue weighted by Crippen LogP contribution is -2.31. The fourth-order valence-corrected chi connectivity index (χ4v) is 1.92. The monoisotopic (exact) mass is 295 g/mol. The first kappa shape index (κ1) is 14.0. The van der Waals surface area contributed by atoms with Crippen molar-refractivity contribution in [3.8, 4) is 0 Å². The van der Waals surface area contributed by atoms with E-state index in [9.17, 15) is 19.7 Å². The zero-order valence-corrected chi connectivity index (χ0v) is 11.2. The molecule has 0 amide bonds. The van der Waals surface area contributed by atoms with Gasteiger partial charge in [-0.1, -0.05) is 17.7 Å². The smallest absolute Gasteiger partial charge is 0.296 e. The molecule has 7 nitrogen and oxygen atoms in total. The van der Waals surface area contributed by atoms with Gasteiger partial charge in [0.15, 0.2) is 0 Å². The van der Waals surface area contributed by atoms with Crippen LogP contribution in [0.3, 0.4) is 0 Å². The van der Waals surface area contributed by atoms with Gasteiger partial charge < -0.3 is 0 Å². The van der Waals surface area contributed by atoms with E-state index in [2.05, 4.69) is 4.98 Å². The third-order valence-electron chi connectivity index (χ3n) is 2.75. The molecule has 0 fully saturated rings. The molecule has 0 saturated heterocycles. The van der Waals surface area contributed by atoms with Gasteiger partial charge in [-0.15, -0.1) is 0 Å². The Morgan fingerprint density at radius 2 is 2.10 bits per heavy atom. The lowest BCUT2D eigenvalue weighted by molar-refractivity contribution is -0.384. The number of benzene rings is 1. The number of hydrogen-bond donors (Lipinski definition) is 1. The molecule has 0 atom stereocenters. The highest BCUT2D eigenvalue weighted by Gasteiger charge is 2.13. The fraction of sp³-hybridized carbons (Fsp3) is 0.167. The number of aromatic amines is 1. The number of nitro benzene ring substituents is 1. The van der Waals surface area contributed by atoms with Crippen molar-refractivity contribution in [2.75, 3.05) is 0 Å². The molecule has 104 valence electrons. The fourth-order valence-electron chi connectivity index (χ4n) is 1.73. The van der Waals surface area contributed by atoms with Crippen molar-refractivity contribution in [2.45, 2.75) is 13.5 Å². The number of nitro groups is 1. The molecular formula is C12H10ClN3O4. The number of nitrogens with zero attached hydrogens (tertiary/aromatic N) is 2. The highest BCUT2D eigenvalue weighted by atomic mass is 35.5. The highest BCUT2D eigenvalue weighted by Crippen LogP contribution is 2.25. The van der Waals surface area contributed by atoms with Gasteiger partial charge in [0.25, 0.3) is 11.2 Å². The van der Waals surface area contributed by atoms with Crippen LogP contribution in [0.15, 0.2) is 34.0 Å². The van der Waals surface area contributed by atoms with Gasteiger partial charge in [0.2, 0.25) is 0 Å². The number of hydrogen-bond acceptors (Lipinski definition) is 4. The Morgan fingerprint density at radius 1 is 1.40 bits per heavy atom. The maximum absolute atomic E-state index is 11.6. The number of nitrogens with one attached hydrogen (secondary N) is 1. The van der Waals surface area contributed by atoms with Crippen LogP contribution >= 0.6 is 11.6 Å². The van der Waals surface area contributed by atoms with Crippen molar-refractivity contribution < 1.29 is 4.92 Å². The van der Waals surface area contributed by atoms with Gasteiger partial charge in [-0.05, 0) is 18.6 Å². The summed E-state index contributed by atoms with van der Waals surface area (Å²) in [4.78, 5) is 35.3. The van der Waals surface area contributed by atoms with Gasteiger partial charge in [0.05, 0.1) is 11.5 Å². The van der Waals surface area contributed by atoms with Crippen LogP contribution in [0.5, 0.6) is 0 Å². The average Bonchev–Trinajstić information content (AvgIpc) is 2.37. The summed E-state index contributed by atoms with van der Waals surface area (Å²) in [5, 5.41) is 10.8. The molecule has 0 unspecified atom stereocenters. The van der Waals surface area contributed by atoms with Crippen LogP contribution in [0.4, 0.5) is 5.69 Å². The standard InChI is InChI=1S/C12H10ClN3O4/c1-7-5-15(12(18)14-11(7)17)6-8-2-3-9(13)10(4-8)16(19)20/h2-5H,6H2,1H3,(H,14,17,18). The van der Waals surface area contributed by atoms with E-state index in [-0.39, 0.29) is 17.3 Å². The van der Waals surface area contributed by atoms with E-state index < -0.39 is 16.2 Å². The minimum atomic E-state index is -0.591. The van der Waals surface area contributed by atoms with Gasteiger partial charge in [-0.25, -0.2) is 4.79 Å². The Hall–Kier alpha value is -2.41. The zero-order valence-electron chi connectivity index (χ0n) is 10.4. The maximum Gasteiger partial charge on any atom is 0.328 e. The molecule has 0 aliphatic rings. The lowest BCUT2D eigenvalue weighted by atomic mass is 10.2. The third-order valence-corrected chi connectivity index (χ3v) is 3.07. The molecule has 2 rings (SSSR count). The molecule has 0 radical (unpaired) electrons. The Kier molecular flexibility index (Phi) is 3.71. The van der Waals surface area contributed by atoms with Crippen molar-refractivity contribution in [3.05, 3.63) is 71.5 Å². The first-order valence-corrected chi connectivity index (χ1v) is 5.99. The van der Waals surface area contributed by atoms with Crippen LogP contribution in [0.25, 0.3) is 0 Å². The molecule has 0 spiro atoms. The normalized spacial score (nSPS) is 10.5. The predicted molar refractivity (Wildman–Crippen MR) is 73.3 cm³/mol. The van der Waals surface area contributed by atoms with Crippen molar-refractivity contribution in [1.29, 1.82) is 0 Å². The van der Waals surface area contributed by atoms with Crippen LogP contribution in [0.1, 0.15) is 11.1 Å². The predicted octanol–water partition coefficient (Wildman–Crippen LogP) is 1.45. The molecule has 1 N–H and O–H groups in total. The van der Waals surface area contributed by atoms with Gasteiger partial charge in [0, 0.05) is 17.8 Å². The van der Waals surface area contributed by atoms with Crippen LogP contribution in [-0.2, 0) is 6.54 Å². The molecule has 1 aromatic carbocycles. The third kappa shape index (κ3) is 2.77. The van der Waals surface area contributed by atoms with E-state index in [1.54, 1.807) is 13.0 Å². The SMILES string of the molecule is Cc1cn(Cc2ccc(Cl)c([N+](=O)[O-])c2)c(=O)[nH]c1=O. The zero-order chi connectivity index (χ0) is 14.9. The topological polar surface area (TPSA) is 98.0 Å². The molecule has 0 bridgehead atoms. The second kappa shape index (κ2) is 5.30. The van der Waals surface area contributed by atoms with Crippen molar-refractivity contribution in [3.63, 3.8) is 0 Å². The van der Waals surface area contributed by atoms with E-state index in [4.69, 9.17) is 11.6 Å². The number of aromatic nitrogens is 2. The summed E-state index contributed by atoms with van der Waals surface area (Å²) in [6.45, 7) is 1.67. The Bertz CT molecular complexity index is 794. The number of H-pyrrole nitrogens is 1. The molecule has 1 aromatic heterocycles. The van der Waals surface area contributed by atoms with Gasteiger partial charge in [-0.3, -0.25) is 24.5 Å². The van der Waals surface area contributed by atoms with E-state index in [1.165, 1.54) is 22.9 Å². The van der Waals surface area contributed by atoms with E-state index in [0.29, 0.717) is 11.1 Å². The summed E-state index contributed by atoms with van der Waals surface area (Å²) in [7, 11) is 0. The molecule has 0 aliphatic carbocycles. The highest BCUT2D eigenvalue weighted by molar-refractivity contribution is 6.32. The quantitative estimate of drug-likeness (QED) is 0.684. The second-order valence-corrected chi connectivity index (χ2v) is 4.65. The summed E-state index contributed by atoms with van der Waals surface area (Å²) in [5.41, 5.74) is -0.326. The van der Waals surface area contributed by atoms with Crippen molar-refractivity contribution in [2.24, 2.45) is 0 Å². The summed E-state index contributed by atoms with van der Waals surface area (Å²) in [5.74, 6) is 0.